The van der Waals surface area contributed by atoms with Crippen molar-refractivity contribution in [2.24, 2.45) is 0 Å². The third kappa shape index (κ3) is 3.71. The maximum atomic E-state index is 11.8. The lowest BCUT2D eigenvalue weighted by molar-refractivity contribution is -0.136. The van der Waals surface area contributed by atoms with Crippen molar-refractivity contribution in [1.82, 2.24) is 5.32 Å². The highest BCUT2D eigenvalue weighted by atomic mass is 79.9. The van der Waals surface area contributed by atoms with Gasteiger partial charge in [-0.25, -0.2) is 4.79 Å². The van der Waals surface area contributed by atoms with E-state index in [9.17, 15) is 9.59 Å². The zero-order chi connectivity index (χ0) is 12.8. The summed E-state index contributed by atoms with van der Waals surface area (Å²) in [6.07, 6.45) is 0. The summed E-state index contributed by atoms with van der Waals surface area (Å²) in [6.45, 7) is 1.65. The highest BCUT2D eigenvalue weighted by Crippen LogP contribution is 2.11. The number of esters is 1. The molecule has 0 saturated heterocycles. The van der Waals surface area contributed by atoms with Gasteiger partial charge in [0.2, 0.25) is 0 Å². The van der Waals surface area contributed by atoms with E-state index in [1.54, 1.807) is 31.2 Å². The molecule has 1 amide bonds. The SMILES string of the molecule is COC(=O)/C(NC(=O)c1ccccc1)=C(/C)Br. The molecule has 90 valence electrons. The highest BCUT2D eigenvalue weighted by Gasteiger charge is 2.16. The molecule has 0 unspecified atom stereocenters. The maximum absolute atomic E-state index is 11.8. The number of hydrogen-bond donors (Lipinski definition) is 1. The second-order valence-electron chi connectivity index (χ2n) is 3.22. The van der Waals surface area contributed by atoms with Gasteiger partial charge < -0.3 is 10.1 Å². The Labute approximate surface area is 108 Å². The molecule has 0 spiro atoms. The normalized spacial score (nSPS) is 11.5. The van der Waals surface area contributed by atoms with Crippen LogP contribution in [0.1, 0.15) is 17.3 Å². The first kappa shape index (κ1) is 13.4. The Bertz CT molecular complexity index is 450. The van der Waals surface area contributed by atoms with Gasteiger partial charge in [0, 0.05) is 10.0 Å². The van der Waals surface area contributed by atoms with Crippen LogP contribution in [0.2, 0.25) is 0 Å². The number of carbonyl (C=O) groups excluding carboxylic acids is 2. The quantitative estimate of drug-likeness (QED) is 0.687. The van der Waals surface area contributed by atoms with Gasteiger partial charge in [0.15, 0.2) is 0 Å². The summed E-state index contributed by atoms with van der Waals surface area (Å²) < 4.78 is 5.08. The highest BCUT2D eigenvalue weighted by molar-refractivity contribution is 9.11. The van der Waals surface area contributed by atoms with E-state index in [1.165, 1.54) is 7.11 Å². The zero-order valence-electron chi connectivity index (χ0n) is 9.49. The molecule has 1 N–H and O–H groups in total. The Morgan fingerprint density at radius 1 is 1.24 bits per heavy atom. The summed E-state index contributed by atoms with van der Waals surface area (Å²) in [6, 6.07) is 8.63. The fourth-order valence-corrected chi connectivity index (χ4v) is 1.42. The first-order chi connectivity index (χ1) is 8.06. The van der Waals surface area contributed by atoms with Crippen molar-refractivity contribution in [2.45, 2.75) is 6.92 Å². The first-order valence-corrected chi connectivity index (χ1v) is 5.66. The lowest BCUT2D eigenvalue weighted by Crippen LogP contribution is -2.28. The monoisotopic (exact) mass is 297 g/mol. The standard InChI is InChI=1S/C12H12BrNO3/c1-8(13)10(12(16)17-2)14-11(15)9-6-4-3-5-7-9/h3-7H,1-2H3,(H,14,15)/b10-8+. The topological polar surface area (TPSA) is 55.4 Å². The largest absolute Gasteiger partial charge is 0.464 e. The van der Waals surface area contributed by atoms with Crippen LogP contribution in [0.25, 0.3) is 0 Å². The van der Waals surface area contributed by atoms with Crippen LogP contribution in [0, 0.1) is 0 Å². The van der Waals surface area contributed by atoms with Gasteiger partial charge in [-0.15, -0.1) is 0 Å². The first-order valence-electron chi connectivity index (χ1n) is 4.87. The van der Waals surface area contributed by atoms with E-state index >= 15 is 0 Å². The number of carbonyl (C=O) groups is 2. The summed E-state index contributed by atoms with van der Waals surface area (Å²) in [4.78, 5) is 23.2. The van der Waals surface area contributed by atoms with E-state index in [2.05, 4.69) is 26.0 Å². The van der Waals surface area contributed by atoms with Crippen molar-refractivity contribution in [3.63, 3.8) is 0 Å². The molecule has 0 bridgehead atoms. The summed E-state index contributed by atoms with van der Waals surface area (Å²) in [7, 11) is 1.26. The summed E-state index contributed by atoms with van der Waals surface area (Å²) >= 11 is 3.15. The van der Waals surface area contributed by atoms with Crippen molar-refractivity contribution in [3.8, 4) is 0 Å². The average molecular weight is 298 g/mol. The van der Waals surface area contributed by atoms with Crippen molar-refractivity contribution >= 4 is 27.8 Å². The number of rotatable bonds is 3. The molecule has 5 heteroatoms. The summed E-state index contributed by atoms with van der Waals surface area (Å²) in [5, 5.41) is 2.50. The molecule has 0 aliphatic heterocycles. The lowest BCUT2D eigenvalue weighted by Gasteiger charge is -2.08. The third-order valence-corrected chi connectivity index (χ3v) is 2.41. The number of hydrogen-bond acceptors (Lipinski definition) is 3. The van der Waals surface area contributed by atoms with Crippen molar-refractivity contribution in [3.05, 3.63) is 46.1 Å². The van der Waals surface area contributed by atoms with Crippen molar-refractivity contribution in [1.29, 1.82) is 0 Å². The van der Waals surface area contributed by atoms with Crippen molar-refractivity contribution in [2.75, 3.05) is 7.11 Å². The number of halogens is 1. The van der Waals surface area contributed by atoms with Crippen LogP contribution in [0.15, 0.2) is 40.5 Å². The van der Waals surface area contributed by atoms with E-state index in [0.29, 0.717) is 10.0 Å². The summed E-state index contributed by atoms with van der Waals surface area (Å²) in [5.41, 5.74) is 0.573. The Hall–Kier alpha value is -1.62. The molecule has 4 nitrogen and oxygen atoms in total. The molecule has 0 aliphatic rings. The predicted octanol–water partition coefficient (Wildman–Crippen LogP) is 2.22. The molecule has 0 fully saturated rings. The molecule has 0 atom stereocenters. The molecule has 0 saturated carbocycles. The van der Waals surface area contributed by atoms with E-state index in [4.69, 9.17) is 0 Å². The van der Waals surface area contributed by atoms with Crippen LogP contribution >= 0.6 is 15.9 Å². The second-order valence-corrected chi connectivity index (χ2v) is 4.41. The number of allylic oxidation sites excluding steroid dienone is 1. The minimum absolute atomic E-state index is 0.0985. The van der Waals surface area contributed by atoms with Crippen LogP contribution < -0.4 is 5.32 Å². The average Bonchev–Trinajstić information content (AvgIpc) is 2.35. The molecule has 17 heavy (non-hydrogen) atoms. The predicted molar refractivity (Wildman–Crippen MR) is 67.6 cm³/mol. The molecule has 0 aromatic heterocycles. The molecule has 0 aliphatic carbocycles. The molecular weight excluding hydrogens is 286 g/mol. The van der Waals surface area contributed by atoms with Gasteiger partial charge in [0.25, 0.3) is 5.91 Å². The van der Waals surface area contributed by atoms with Crippen LogP contribution in [0.3, 0.4) is 0 Å². The lowest BCUT2D eigenvalue weighted by atomic mass is 10.2. The Kier molecular flexibility index (Phi) is 4.90. The van der Waals surface area contributed by atoms with Gasteiger partial charge in [-0.05, 0) is 19.1 Å². The molecular formula is C12H12BrNO3. The Morgan fingerprint density at radius 2 is 1.82 bits per heavy atom. The molecule has 0 heterocycles. The fourth-order valence-electron chi connectivity index (χ4n) is 1.16. The van der Waals surface area contributed by atoms with E-state index < -0.39 is 5.97 Å². The Balaban J connectivity index is 2.87. The van der Waals surface area contributed by atoms with Crippen LogP contribution in [0.4, 0.5) is 0 Å². The maximum Gasteiger partial charge on any atom is 0.355 e. The Morgan fingerprint density at radius 3 is 2.29 bits per heavy atom. The van der Waals surface area contributed by atoms with E-state index in [-0.39, 0.29) is 11.6 Å². The molecule has 1 aromatic rings. The van der Waals surface area contributed by atoms with Crippen molar-refractivity contribution < 1.29 is 14.3 Å². The van der Waals surface area contributed by atoms with E-state index in [0.717, 1.165) is 0 Å². The zero-order valence-corrected chi connectivity index (χ0v) is 11.1. The van der Waals surface area contributed by atoms with Crippen LogP contribution in [0.5, 0.6) is 0 Å². The minimum atomic E-state index is -0.594. The third-order valence-electron chi connectivity index (χ3n) is 2.01. The van der Waals surface area contributed by atoms with Gasteiger partial charge >= 0.3 is 5.97 Å². The van der Waals surface area contributed by atoms with Gasteiger partial charge in [0.05, 0.1) is 7.11 Å². The van der Waals surface area contributed by atoms with Crippen LogP contribution in [-0.4, -0.2) is 19.0 Å². The number of ether oxygens (including phenoxy) is 1. The number of benzene rings is 1. The molecule has 0 radical (unpaired) electrons. The summed E-state index contributed by atoms with van der Waals surface area (Å²) in [5.74, 6) is -0.951. The van der Waals surface area contributed by atoms with Gasteiger partial charge in [-0.3, -0.25) is 4.79 Å². The van der Waals surface area contributed by atoms with Crippen LogP contribution in [-0.2, 0) is 9.53 Å². The second kappa shape index (κ2) is 6.20. The fraction of sp³-hybridized carbons (Fsp3) is 0.167. The number of amides is 1. The molecule has 1 aromatic carbocycles. The number of nitrogens with one attached hydrogen (secondary N) is 1. The minimum Gasteiger partial charge on any atom is -0.464 e. The molecule has 1 rings (SSSR count). The van der Waals surface area contributed by atoms with Gasteiger partial charge in [-0.2, -0.15) is 0 Å². The van der Waals surface area contributed by atoms with E-state index in [1.807, 2.05) is 6.07 Å². The van der Waals surface area contributed by atoms with Gasteiger partial charge in [0.1, 0.15) is 5.70 Å². The number of methoxy groups -OCH3 is 1. The smallest absolute Gasteiger partial charge is 0.355 e. The van der Waals surface area contributed by atoms with Gasteiger partial charge in [-0.1, -0.05) is 34.1 Å².